The lowest BCUT2D eigenvalue weighted by Gasteiger charge is -2.14. The Bertz CT molecular complexity index is 684. The van der Waals surface area contributed by atoms with E-state index in [0.29, 0.717) is 16.3 Å². The number of anilines is 1. The number of aryl methyl sites for hydroxylation is 1. The molecule has 2 N–H and O–H groups in total. The maximum absolute atomic E-state index is 12.3. The van der Waals surface area contributed by atoms with Gasteiger partial charge in [0.05, 0.1) is 10.6 Å². The Labute approximate surface area is 128 Å². The van der Waals surface area contributed by atoms with Gasteiger partial charge >= 0.3 is 0 Å². The number of hydrogen-bond acceptors (Lipinski definition) is 3. The van der Waals surface area contributed by atoms with Gasteiger partial charge in [-0.2, -0.15) is 0 Å². The molecule has 2 rings (SSSR count). The van der Waals surface area contributed by atoms with E-state index in [2.05, 4.69) is 10.3 Å². The van der Waals surface area contributed by atoms with Crippen LogP contribution in [0.3, 0.4) is 0 Å². The van der Waals surface area contributed by atoms with Crippen LogP contribution >= 0.6 is 11.6 Å². The Balaban J connectivity index is 2.34. The lowest BCUT2D eigenvalue weighted by molar-refractivity contribution is 0.102. The maximum atomic E-state index is 12.3. The van der Waals surface area contributed by atoms with Crippen LogP contribution in [0.4, 0.5) is 5.69 Å². The number of nitrogens with zero attached hydrogens (tertiary/aromatic N) is 1. The van der Waals surface area contributed by atoms with Gasteiger partial charge in [0.15, 0.2) is 0 Å². The number of amides is 1. The van der Waals surface area contributed by atoms with Crippen molar-refractivity contribution >= 4 is 23.2 Å². The summed E-state index contributed by atoms with van der Waals surface area (Å²) in [5, 5.41) is 13.1. The van der Waals surface area contributed by atoms with Crippen molar-refractivity contribution in [3.63, 3.8) is 0 Å². The molecule has 4 nitrogen and oxygen atoms in total. The molecule has 1 aromatic heterocycles. The molecule has 1 heterocycles. The largest absolute Gasteiger partial charge is 0.508 e. The molecule has 0 radical (unpaired) electrons. The van der Waals surface area contributed by atoms with Crippen molar-refractivity contribution in [3.8, 4) is 5.75 Å². The van der Waals surface area contributed by atoms with Gasteiger partial charge in [-0.3, -0.25) is 9.78 Å². The summed E-state index contributed by atoms with van der Waals surface area (Å²) >= 11 is 5.97. The zero-order valence-corrected chi connectivity index (χ0v) is 12.9. The second-order valence-electron chi connectivity index (χ2n) is 5.19. The molecule has 0 aliphatic heterocycles. The van der Waals surface area contributed by atoms with E-state index in [0.717, 1.165) is 11.1 Å². The van der Waals surface area contributed by atoms with Crippen LogP contribution in [0.15, 0.2) is 30.6 Å². The molecule has 0 fully saturated rings. The molecule has 0 bridgehead atoms. The molecule has 21 heavy (non-hydrogen) atoms. The van der Waals surface area contributed by atoms with E-state index in [9.17, 15) is 9.90 Å². The molecule has 1 amide bonds. The molecular weight excluding hydrogens is 288 g/mol. The number of aromatic hydroxyl groups is 1. The van der Waals surface area contributed by atoms with E-state index in [1.54, 1.807) is 18.2 Å². The third-order valence-electron chi connectivity index (χ3n) is 3.26. The first-order chi connectivity index (χ1) is 9.90. The first-order valence-corrected chi connectivity index (χ1v) is 7.02. The summed E-state index contributed by atoms with van der Waals surface area (Å²) in [6, 6.07) is 5.01. The lowest BCUT2D eigenvalue weighted by atomic mass is 9.99. The number of phenolic OH excluding ortho intramolecular Hbond substituents is 1. The number of rotatable bonds is 3. The molecule has 0 saturated carbocycles. The fourth-order valence-corrected chi connectivity index (χ4v) is 2.26. The van der Waals surface area contributed by atoms with Gasteiger partial charge in [-0.1, -0.05) is 25.4 Å². The van der Waals surface area contributed by atoms with Gasteiger partial charge in [0.1, 0.15) is 5.75 Å². The van der Waals surface area contributed by atoms with Crippen LogP contribution in [0, 0.1) is 6.92 Å². The number of benzene rings is 1. The fraction of sp³-hybridized carbons (Fsp3) is 0.250. The SMILES string of the molecule is Cc1cc(O)c(C(C)C)cc1NC(=O)c1ccncc1Cl. The van der Waals surface area contributed by atoms with E-state index >= 15 is 0 Å². The van der Waals surface area contributed by atoms with Gasteiger partial charge < -0.3 is 10.4 Å². The van der Waals surface area contributed by atoms with E-state index in [4.69, 9.17) is 11.6 Å². The van der Waals surface area contributed by atoms with Crippen LogP contribution in [0.2, 0.25) is 5.02 Å². The van der Waals surface area contributed by atoms with Crippen LogP contribution < -0.4 is 5.32 Å². The van der Waals surface area contributed by atoms with Gasteiger partial charge in [0, 0.05) is 18.1 Å². The van der Waals surface area contributed by atoms with Gasteiger partial charge in [-0.15, -0.1) is 0 Å². The minimum Gasteiger partial charge on any atom is -0.508 e. The Hall–Kier alpha value is -2.07. The van der Waals surface area contributed by atoms with Crippen molar-refractivity contribution in [2.75, 3.05) is 5.32 Å². The van der Waals surface area contributed by atoms with Crippen molar-refractivity contribution in [1.29, 1.82) is 0 Å². The zero-order chi connectivity index (χ0) is 15.6. The third-order valence-corrected chi connectivity index (χ3v) is 3.56. The Morgan fingerprint density at radius 2 is 2.10 bits per heavy atom. The second-order valence-corrected chi connectivity index (χ2v) is 5.60. The van der Waals surface area contributed by atoms with Gasteiger partial charge in [-0.05, 0) is 42.2 Å². The summed E-state index contributed by atoms with van der Waals surface area (Å²) in [7, 11) is 0. The monoisotopic (exact) mass is 304 g/mol. The number of carbonyl (C=O) groups excluding carboxylic acids is 1. The van der Waals surface area contributed by atoms with Crippen molar-refractivity contribution in [2.24, 2.45) is 0 Å². The molecular formula is C16H17ClN2O2. The number of carbonyl (C=O) groups is 1. The lowest BCUT2D eigenvalue weighted by Crippen LogP contribution is -2.13. The number of halogens is 1. The molecule has 0 saturated heterocycles. The van der Waals surface area contributed by atoms with Crippen LogP contribution in [0.5, 0.6) is 5.75 Å². The Morgan fingerprint density at radius 1 is 1.38 bits per heavy atom. The Kier molecular flexibility index (Phi) is 4.48. The number of phenols is 1. The van der Waals surface area contributed by atoms with Gasteiger partial charge in [0.25, 0.3) is 5.91 Å². The highest BCUT2D eigenvalue weighted by Crippen LogP contribution is 2.31. The summed E-state index contributed by atoms with van der Waals surface area (Å²) < 4.78 is 0. The minimum absolute atomic E-state index is 0.158. The molecule has 0 atom stereocenters. The molecule has 5 heteroatoms. The van der Waals surface area contributed by atoms with E-state index in [1.807, 2.05) is 20.8 Å². The van der Waals surface area contributed by atoms with Gasteiger partial charge in [-0.25, -0.2) is 0 Å². The highest BCUT2D eigenvalue weighted by atomic mass is 35.5. The molecule has 0 aliphatic rings. The Morgan fingerprint density at radius 3 is 2.71 bits per heavy atom. The average Bonchev–Trinajstić information content (AvgIpc) is 2.41. The zero-order valence-electron chi connectivity index (χ0n) is 12.1. The number of hydrogen-bond donors (Lipinski definition) is 2. The molecule has 110 valence electrons. The molecule has 1 aromatic carbocycles. The number of nitrogens with one attached hydrogen (secondary N) is 1. The quantitative estimate of drug-likeness (QED) is 0.838. The van der Waals surface area contributed by atoms with Crippen molar-refractivity contribution in [2.45, 2.75) is 26.7 Å². The van der Waals surface area contributed by atoms with Crippen LogP contribution in [-0.2, 0) is 0 Å². The average molecular weight is 305 g/mol. The molecule has 0 spiro atoms. The second kappa shape index (κ2) is 6.14. The van der Waals surface area contributed by atoms with Crippen molar-refractivity contribution in [3.05, 3.63) is 52.3 Å². The summed E-state index contributed by atoms with van der Waals surface area (Å²) in [6.45, 7) is 5.79. The topological polar surface area (TPSA) is 62.2 Å². The normalized spacial score (nSPS) is 10.7. The predicted molar refractivity (Wildman–Crippen MR) is 84.1 cm³/mol. The van der Waals surface area contributed by atoms with Crippen LogP contribution in [-0.4, -0.2) is 16.0 Å². The first-order valence-electron chi connectivity index (χ1n) is 6.64. The first kappa shape index (κ1) is 15.3. The highest BCUT2D eigenvalue weighted by molar-refractivity contribution is 6.34. The van der Waals surface area contributed by atoms with Gasteiger partial charge in [0.2, 0.25) is 0 Å². The predicted octanol–water partition coefficient (Wildman–Crippen LogP) is 4.12. The number of pyridine rings is 1. The molecule has 0 aliphatic carbocycles. The van der Waals surface area contributed by atoms with E-state index < -0.39 is 0 Å². The summed E-state index contributed by atoms with van der Waals surface area (Å²) in [5.41, 5.74) is 2.60. The highest BCUT2D eigenvalue weighted by Gasteiger charge is 2.14. The fourth-order valence-electron chi connectivity index (χ4n) is 2.06. The van der Waals surface area contributed by atoms with E-state index in [-0.39, 0.29) is 17.6 Å². The third kappa shape index (κ3) is 3.34. The summed E-state index contributed by atoms with van der Waals surface area (Å²) in [6.07, 6.45) is 2.95. The smallest absolute Gasteiger partial charge is 0.257 e. The van der Waals surface area contributed by atoms with Crippen molar-refractivity contribution in [1.82, 2.24) is 4.98 Å². The van der Waals surface area contributed by atoms with Crippen molar-refractivity contribution < 1.29 is 9.90 Å². The number of aromatic nitrogens is 1. The summed E-state index contributed by atoms with van der Waals surface area (Å²) in [5.74, 6) is 0.0964. The minimum atomic E-state index is -0.300. The standard InChI is InChI=1S/C16H17ClN2O2/c1-9(2)12-7-14(10(3)6-15(12)20)19-16(21)11-4-5-18-8-13(11)17/h4-9,20H,1-3H3,(H,19,21). The maximum Gasteiger partial charge on any atom is 0.257 e. The van der Waals surface area contributed by atoms with Crippen LogP contribution in [0.1, 0.15) is 41.3 Å². The van der Waals surface area contributed by atoms with Crippen LogP contribution in [0.25, 0.3) is 0 Å². The molecule has 2 aromatic rings. The summed E-state index contributed by atoms with van der Waals surface area (Å²) in [4.78, 5) is 16.1. The van der Waals surface area contributed by atoms with E-state index in [1.165, 1.54) is 12.4 Å². The molecule has 0 unspecified atom stereocenters.